The highest BCUT2D eigenvalue weighted by atomic mass is 79.9. The fourth-order valence-corrected chi connectivity index (χ4v) is 1.99. The lowest BCUT2D eigenvalue weighted by Crippen LogP contribution is -1.90. The molecular weight excluding hydrogens is 362 g/mol. The van der Waals surface area contributed by atoms with Gasteiger partial charge in [0.1, 0.15) is 6.17 Å². The van der Waals surface area contributed by atoms with E-state index < -0.39 is 6.17 Å². The number of alkyl halides is 2. The van der Waals surface area contributed by atoms with Crippen LogP contribution in [0.3, 0.4) is 0 Å². The first-order chi connectivity index (χ1) is 9.56. The van der Waals surface area contributed by atoms with Gasteiger partial charge < -0.3 is 0 Å². The summed E-state index contributed by atoms with van der Waals surface area (Å²) in [6, 6.07) is 14.3. The first kappa shape index (κ1) is 17.2. The van der Waals surface area contributed by atoms with E-state index in [0.29, 0.717) is 15.9 Å². The van der Waals surface area contributed by atoms with Gasteiger partial charge in [0.2, 0.25) is 0 Å². The molecule has 0 heterocycles. The van der Waals surface area contributed by atoms with Gasteiger partial charge in [-0.2, -0.15) is 0 Å². The molecule has 0 spiro atoms. The summed E-state index contributed by atoms with van der Waals surface area (Å²) in [5, 5.41) is 1.73. The van der Waals surface area contributed by atoms with Crippen molar-refractivity contribution < 1.29 is 4.39 Å². The van der Waals surface area contributed by atoms with Crippen molar-refractivity contribution in [1.82, 2.24) is 0 Å². The molecule has 0 N–H and O–H groups in total. The van der Waals surface area contributed by atoms with Crippen LogP contribution in [0, 0.1) is 0 Å². The predicted molar refractivity (Wildman–Crippen MR) is 90.6 cm³/mol. The largest absolute Gasteiger partial charge is 0.241 e. The molecule has 0 aromatic heterocycles. The van der Waals surface area contributed by atoms with Gasteiger partial charge in [0.15, 0.2) is 0 Å². The molecule has 0 fully saturated rings. The van der Waals surface area contributed by atoms with Gasteiger partial charge in [-0.25, -0.2) is 4.39 Å². The van der Waals surface area contributed by atoms with E-state index in [2.05, 4.69) is 22.5 Å². The van der Waals surface area contributed by atoms with Gasteiger partial charge in [-0.3, -0.25) is 0 Å². The standard InChI is InChI=1S/C8H7BrClF.C8H7Cl/c9-5-8(11)6-1-3-7(10)4-2-6;1-2-7-3-5-8(9)6-4-7/h1-4,8H,5H2;2-6H,1H2. The summed E-state index contributed by atoms with van der Waals surface area (Å²) < 4.78 is 12.9. The lowest BCUT2D eigenvalue weighted by atomic mass is 10.1. The van der Waals surface area contributed by atoms with Crippen molar-refractivity contribution in [3.8, 4) is 0 Å². The lowest BCUT2D eigenvalue weighted by molar-refractivity contribution is 0.382. The molecule has 0 radical (unpaired) electrons. The summed E-state index contributed by atoms with van der Waals surface area (Å²) in [7, 11) is 0. The molecule has 0 saturated heterocycles. The van der Waals surface area contributed by atoms with Crippen LogP contribution in [0.1, 0.15) is 17.3 Å². The minimum Gasteiger partial charge on any atom is -0.241 e. The number of rotatable bonds is 3. The van der Waals surface area contributed by atoms with Gasteiger partial charge in [-0.1, -0.05) is 76.1 Å². The van der Waals surface area contributed by atoms with Crippen molar-refractivity contribution in [2.24, 2.45) is 0 Å². The summed E-state index contributed by atoms with van der Waals surface area (Å²) in [6.07, 6.45) is 0.850. The average molecular weight is 376 g/mol. The van der Waals surface area contributed by atoms with Gasteiger partial charge >= 0.3 is 0 Å². The lowest BCUT2D eigenvalue weighted by Gasteiger charge is -2.03. The second-order valence-electron chi connectivity index (χ2n) is 3.93. The molecule has 0 saturated carbocycles. The fourth-order valence-electron chi connectivity index (χ4n) is 1.36. The third kappa shape index (κ3) is 6.08. The smallest absolute Gasteiger partial charge is 0.135 e. The highest BCUT2D eigenvalue weighted by Gasteiger charge is 2.05. The Kier molecular flexibility index (Phi) is 7.90. The number of hydrogen-bond donors (Lipinski definition) is 0. The first-order valence-electron chi connectivity index (χ1n) is 5.90. The molecule has 0 nitrogen and oxygen atoms in total. The van der Waals surface area contributed by atoms with E-state index in [1.807, 2.05) is 24.3 Å². The summed E-state index contributed by atoms with van der Waals surface area (Å²) in [5.41, 5.74) is 1.76. The minimum absolute atomic E-state index is 0.328. The molecule has 20 heavy (non-hydrogen) atoms. The van der Waals surface area contributed by atoms with E-state index in [9.17, 15) is 4.39 Å². The van der Waals surface area contributed by atoms with Gasteiger partial charge in [0, 0.05) is 15.4 Å². The molecule has 0 aliphatic rings. The molecule has 1 unspecified atom stereocenters. The van der Waals surface area contributed by atoms with Gasteiger partial charge in [-0.15, -0.1) is 0 Å². The Labute approximate surface area is 137 Å². The zero-order valence-corrected chi connectivity index (χ0v) is 13.8. The average Bonchev–Trinajstić information content (AvgIpc) is 2.49. The third-order valence-corrected chi connectivity index (χ3v) is 3.55. The zero-order chi connectivity index (χ0) is 15.0. The molecule has 0 aliphatic carbocycles. The number of benzene rings is 2. The summed E-state index contributed by atoms with van der Waals surface area (Å²) in [4.78, 5) is 0. The van der Waals surface area contributed by atoms with Crippen LogP contribution in [0.25, 0.3) is 6.08 Å². The maximum Gasteiger partial charge on any atom is 0.135 e. The maximum absolute atomic E-state index is 12.9. The molecule has 0 bridgehead atoms. The van der Waals surface area contributed by atoms with Crippen molar-refractivity contribution >= 4 is 45.2 Å². The SMILES string of the molecule is C=Cc1ccc(Cl)cc1.FC(CBr)c1ccc(Cl)cc1. The molecule has 2 rings (SSSR count). The van der Waals surface area contributed by atoms with E-state index in [-0.39, 0.29) is 0 Å². The van der Waals surface area contributed by atoms with Crippen LogP contribution in [-0.4, -0.2) is 5.33 Å². The highest BCUT2D eigenvalue weighted by Crippen LogP contribution is 2.21. The molecule has 4 heteroatoms. The van der Waals surface area contributed by atoms with E-state index >= 15 is 0 Å². The molecule has 0 amide bonds. The minimum atomic E-state index is -0.938. The third-order valence-electron chi connectivity index (χ3n) is 2.47. The Balaban J connectivity index is 0.000000204. The van der Waals surface area contributed by atoms with Crippen LogP contribution >= 0.6 is 39.1 Å². The van der Waals surface area contributed by atoms with E-state index in [4.69, 9.17) is 23.2 Å². The van der Waals surface area contributed by atoms with Crippen molar-refractivity contribution in [2.75, 3.05) is 5.33 Å². The zero-order valence-electron chi connectivity index (χ0n) is 10.7. The topological polar surface area (TPSA) is 0 Å². The normalized spacial score (nSPS) is 11.2. The van der Waals surface area contributed by atoms with Crippen molar-refractivity contribution in [3.05, 3.63) is 76.3 Å². The Morgan fingerprint density at radius 2 is 1.45 bits per heavy atom. The quantitative estimate of drug-likeness (QED) is 0.521. The first-order valence-corrected chi connectivity index (χ1v) is 7.78. The van der Waals surface area contributed by atoms with E-state index in [0.717, 1.165) is 10.6 Å². The predicted octanol–water partition coefficient (Wildman–Crippen LogP) is 6.73. The number of halogens is 4. The number of hydrogen-bond acceptors (Lipinski definition) is 0. The molecule has 1 atom stereocenters. The summed E-state index contributed by atoms with van der Waals surface area (Å²) >= 11 is 14.3. The van der Waals surface area contributed by atoms with Gasteiger partial charge in [-0.05, 0) is 35.4 Å². The van der Waals surface area contributed by atoms with Crippen molar-refractivity contribution in [2.45, 2.75) is 6.17 Å². The fraction of sp³-hybridized carbons (Fsp3) is 0.125. The molecule has 0 aliphatic heterocycles. The Bertz CT molecular complexity index is 523. The Hall–Kier alpha value is -0.830. The van der Waals surface area contributed by atoms with Crippen molar-refractivity contribution in [1.29, 1.82) is 0 Å². The van der Waals surface area contributed by atoms with Crippen LogP contribution in [0.15, 0.2) is 55.1 Å². The summed E-state index contributed by atoms with van der Waals surface area (Å²) in [5.74, 6) is 0. The maximum atomic E-state index is 12.9. The Morgan fingerprint density at radius 3 is 1.85 bits per heavy atom. The highest BCUT2D eigenvalue weighted by molar-refractivity contribution is 9.09. The van der Waals surface area contributed by atoms with Crippen LogP contribution in [0.2, 0.25) is 10.0 Å². The van der Waals surface area contributed by atoms with E-state index in [1.165, 1.54) is 0 Å². The molecule has 106 valence electrons. The van der Waals surface area contributed by atoms with Crippen LogP contribution in [0.5, 0.6) is 0 Å². The second kappa shape index (κ2) is 9.17. The second-order valence-corrected chi connectivity index (χ2v) is 5.45. The van der Waals surface area contributed by atoms with Crippen LogP contribution in [-0.2, 0) is 0 Å². The van der Waals surface area contributed by atoms with Crippen LogP contribution < -0.4 is 0 Å². The van der Waals surface area contributed by atoms with Crippen molar-refractivity contribution in [3.63, 3.8) is 0 Å². The molecule has 2 aromatic rings. The molecule has 2 aromatic carbocycles. The molecular formula is C16H14BrCl2F. The van der Waals surface area contributed by atoms with Crippen LogP contribution in [0.4, 0.5) is 4.39 Å². The monoisotopic (exact) mass is 374 g/mol. The summed E-state index contributed by atoms with van der Waals surface area (Å²) in [6.45, 7) is 3.62. The van der Waals surface area contributed by atoms with Gasteiger partial charge in [0.05, 0.1) is 0 Å². The van der Waals surface area contributed by atoms with E-state index in [1.54, 1.807) is 30.3 Å². The Morgan fingerprint density at radius 1 is 1.00 bits per heavy atom. The van der Waals surface area contributed by atoms with Gasteiger partial charge in [0.25, 0.3) is 0 Å².